The molecule has 170 valence electrons. The Labute approximate surface area is 205 Å². The van der Waals surface area contributed by atoms with Crippen LogP contribution >= 0.6 is 27.7 Å². The predicted octanol–water partition coefficient (Wildman–Crippen LogP) is 6.38. The summed E-state index contributed by atoms with van der Waals surface area (Å²) in [5.74, 6) is 1.65. The number of benzene rings is 2. The van der Waals surface area contributed by atoms with E-state index in [-0.39, 0.29) is 17.1 Å². The van der Waals surface area contributed by atoms with Crippen molar-refractivity contribution in [2.45, 2.75) is 37.9 Å². The number of anilines is 1. The van der Waals surface area contributed by atoms with E-state index in [1.807, 2.05) is 41.0 Å². The smallest absolute Gasteiger partial charge is 0.234 e. The summed E-state index contributed by atoms with van der Waals surface area (Å²) in [4.78, 5) is 12.5. The molecule has 2 aromatic carbocycles. The number of hydrogen-bond donors (Lipinski definition) is 1. The second-order valence-electron chi connectivity index (χ2n) is 8.64. The minimum Gasteiger partial charge on any atom is -0.467 e. The molecule has 0 spiro atoms. The maximum absolute atomic E-state index is 12.5. The third-order valence-corrected chi connectivity index (χ3v) is 6.58. The molecule has 0 bridgehead atoms. The summed E-state index contributed by atoms with van der Waals surface area (Å²) in [6.07, 6.45) is 1.65. The van der Waals surface area contributed by atoms with Crippen LogP contribution in [0.25, 0.3) is 11.4 Å². The molecule has 0 saturated heterocycles. The highest BCUT2D eigenvalue weighted by Crippen LogP contribution is 2.28. The molecular weight excluding hydrogens is 500 g/mol. The fourth-order valence-corrected chi connectivity index (χ4v) is 4.29. The van der Waals surface area contributed by atoms with Gasteiger partial charge in [0.05, 0.1) is 18.6 Å². The molecule has 0 aliphatic carbocycles. The summed E-state index contributed by atoms with van der Waals surface area (Å²) in [6, 6.07) is 19.6. The van der Waals surface area contributed by atoms with Gasteiger partial charge in [0.15, 0.2) is 11.0 Å². The average molecular weight is 525 g/mol. The number of halogens is 1. The first-order valence-electron chi connectivity index (χ1n) is 10.5. The van der Waals surface area contributed by atoms with Crippen molar-refractivity contribution in [2.24, 2.45) is 0 Å². The number of carbonyl (C=O) groups excluding carboxylic acids is 1. The minimum atomic E-state index is -0.106. The van der Waals surface area contributed by atoms with E-state index in [9.17, 15) is 4.79 Å². The molecule has 0 saturated carbocycles. The lowest BCUT2D eigenvalue weighted by molar-refractivity contribution is -0.113. The van der Waals surface area contributed by atoms with Crippen LogP contribution in [0.4, 0.5) is 5.69 Å². The van der Waals surface area contributed by atoms with Crippen LogP contribution in [0.5, 0.6) is 0 Å². The van der Waals surface area contributed by atoms with Gasteiger partial charge in [0.1, 0.15) is 5.76 Å². The summed E-state index contributed by atoms with van der Waals surface area (Å²) in [5, 5.41) is 12.4. The third kappa shape index (κ3) is 5.94. The number of nitrogens with one attached hydrogen (secondary N) is 1. The zero-order chi connectivity index (χ0) is 23.4. The van der Waals surface area contributed by atoms with Crippen molar-refractivity contribution < 1.29 is 9.21 Å². The van der Waals surface area contributed by atoms with Crippen LogP contribution in [0, 0.1) is 0 Å². The highest BCUT2D eigenvalue weighted by atomic mass is 79.9. The van der Waals surface area contributed by atoms with E-state index in [1.165, 1.54) is 17.3 Å². The van der Waals surface area contributed by atoms with Gasteiger partial charge in [0.2, 0.25) is 5.91 Å². The van der Waals surface area contributed by atoms with Crippen LogP contribution < -0.4 is 5.32 Å². The van der Waals surface area contributed by atoms with Crippen LogP contribution in [0.2, 0.25) is 0 Å². The Morgan fingerprint density at radius 1 is 1.06 bits per heavy atom. The van der Waals surface area contributed by atoms with Gasteiger partial charge in [-0.1, -0.05) is 72.7 Å². The molecule has 1 amide bonds. The molecule has 6 nitrogen and oxygen atoms in total. The molecule has 4 rings (SSSR count). The lowest BCUT2D eigenvalue weighted by atomic mass is 9.87. The first kappa shape index (κ1) is 23.3. The highest BCUT2D eigenvalue weighted by molar-refractivity contribution is 9.10. The molecule has 0 aliphatic rings. The topological polar surface area (TPSA) is 73.0 Å². The quantitative estimate of drug-likeness (QED) is 0.284. The lowest BCUT2D eigenvalue weighted by Crippen LogP contribution is -2.14. The Morgan fingerprint density at radius 2 is 1.79 bits per heavy atom. The van der Waals surface area contributed by atoms with E-state index >= 15 is 0 Å². The molecule has 8 heteroatoms. The Hall–Kier alpha value is -2.84. The van der Waals surface area contributed by atoms with Crippen molar-refractivity contribution >= 4 is 39.3 Å². The summed E-state index contributed by atoms with van der Waals surface area (Å²) in [5.41, 5.74) is 3.04. The number of rotatable bonds is 7. The second-order valence-corrected chi connectivity index (χ2v) is 10.5. The van der Waals surface area contributed by atoms with Gasteiger partial charge in [0.25, 0.3) is 0 Å². The fourth-order valence-electron chi connectivity index (χ4n) is 3.29. The molecular formula is C25H25BrN4O2S. The normalized spacial score (nSPS) is 11.5. The number of thioether (sulfide) groups is 1. The number of carbonyl (C=O) groups is 1. The van der Waals surface area contributed by atoms with Gasteiger partial charge in [0, 0.05) is 15.7 Å². The van der Waals surface area contributed by atoms with Gasteiger partial charge in [-0.15, -0.1) is 10.2 Å². The Kier molecular flexibility index (Phi) is 7.05. The first-order valence-corrected chi connectivity index (χ1v) is 12.3. The van der Waals surface area contributed by atoms with Crippen LogP contribution in [-0.2, 0) is 16.8 Å². The molecule has 0 radical (unpaired) electrons. The number of hydrogen-bond acceptors (Lipinski definition) is 5. The lowest BCUT2D eigenvalue weighted by Gasteiger charge is -2.19. The van der Waals surface area contributed by atoms with Crippen LogP contribution in [0.15, 0.2) is 81.0 Å². The Morgan fingerprint density at radius 3 is 2.42 bits per heavy atom. The van der Waals surface area contributed by atoms with E-state index in [0.29, 0.717) is 11.7 Å². The van der Waals surface area contributed by atoms with E-state index in [1.54, 1.807) is 6.26 Å². The predicted molar refractivity (Wildman–Crippen MR) is 135 cm³/mol. The van der Waals surface area contributed by atoms with E-state index < -0.39 is 0 Å². The van der Waals surface area contributed by atoms with Gasteiger partial charge in [-0.3, -0.25) is 9.36 Å². The summed E-state index contributed by atoms with van der Waals surface area (Å²) in [6.45, 7) is 7.05. The zero-order valence-electron chi connectivity index (χ0n) is 18.7. The average Bonchev–Trinajstić information content (AvgIpc) is 3.44. The van der Waals surface area contributed by atoms with E-state index in [4.69, 9.17) is 4.42 Å². The van der Waals surface area contributed by atoms with Gasteiger partial charge in [-0.2, -0.15) is 0 Å². The zero-order valence-corrected chi connectivity index (χ0v) is 21.1. The standard InChI is InChI=1S/C25H25BrN4O2S/c1-25(2,3)18-8-6-17(7-9-18)23-28-29-24(30(23)15-21-5-4-14-32-21)33-16-22(31)27-20-12-10-19(26)11-13-20/h4-14H,15-16H2,1-3H3,(H,27,31). The van der Waals surface area contributed by atoms with Gasteiger partial charge < -0.3 is 9.73 Å². The third-order valence-electron chi connectivity index (χ3n) is 5.08. The molecule has 2 aromatic heterocycles. The molecule has 0 aliphatic heterocycles. The highest BCUT2D eigenvalue weighted by Gasteiger charge is 2.19. The van der Waals surface area contributed by atoms with Crippen molar-refractivity contribution in [3.63, 3.8) is 0 Å². The van der Waals surface area contributed by atoms with Crippen LogP contribution in [0.3, 0.4) is 0 Å². The maximum Gasteiger partial charge on any atom is 0.234 e. The van der Waals surface area contributed by atoms with Crippen molar-refractivity contribution in [2.75, 3.05) is 11.1 Å². The summed E-state index contributed by atoms with van der Waals surface area (Å²) >= 11 is 4.75. The van der Waals surface area contributed by atoms with Crippen molar-refractivity contribution in [1.29, 1.82) is 0 Å². The number of nitrogens with zero attached hydrogens (tertiary/aromatic N) is 3. The second kappa shape index (κ2) is 9.97. The Bertz CT molecular complexity index is 1210. The summed E-state index contributed by atoms with van der Waals surface area (Å²) in [7, 11) is 0. The fraction of sp³-hybridized carbons (Fsp3) is 0.240. The van der Waals surface area contributed by atoms with Crippen molar-refractivity contribution in [3.8, 4) is 11.4 Å². The maximum atomic E-state index is 12.5. The molecule has 4 aromatic rings. The number of amides is 1. The SMILES string of the molecule is CC(C)(C)c1ccc(-c2nnc(SCC(=O)Nc3ccc(Br)cc3)n2Cc2ccco2)cc1. The largest absolute Gasteiger partial charge is 0.467 e. The first-order chi connectivity index (χ1) is 15.8. The van der Waals surface area contributed by atoms with Crippen LogP contribution in [-0.4, -0.2) is 26.4 Å². The molecule has 0 atom stereocenters. The van der Waals surface area contributed by atoms with E-state index in [0.717, 1.165) is 27.3 Å². The molecule has 33 heavy (non-hydrogen) atoms. The van der Waals surface area contributed by atoms with Crippen molar-refractivity contribution in [3.05, 3.63) is 82.7 Å². The molecule has 1 N–H and O–H groups in total. The number of aromatic nitrogens is 3. The molecule has 0 fully saturated rings. The Balaban J connectivity index is 1.54. The van der Waals surface area contributed by atoms with Crippen molar-refractivity contribution in [1.82, 2.24) is 14.8 Å². The van der Waals surface area contributed by atoms with Gasteiger partial charge in [-0.05, 0) is 47.4 Å². The minimum absolute atomic E-state index is 0.0730. The number of furan rings is 1. The molecule has 0 unspecified atom stereocenters. The van der Waals surface area contributed by atoms with E-state index in [2.05, 4.69) is 76.5 Å². The van der Waals surface area contributed by atoms with Gasteiger partial charge in [-0.25, -0.2) is 0 Å². The van der Waals surface area contributed by atoms with Crippen LogP contribution in [0.1, 0.15) is 32.1 Å². The van der Waals surface area contributed by atoms with Gasteiger partial charge >= 0.3 is 0 Å². The molecule has 2 heterocycles. The summed E-state index contributed by atoms with van der Waals surface area (Å²) < 4.78 is 8.51. The monoisotopic (exact) mass is 524 g/mol.